The number of amides is 1. The first-order chi connectivity index (χ1) is 9.56. The summed E-state index contributed by atoms with van der Waals surface area (Å²) in [5, 5.41) is 23.8. The van der Waals surface area contributed by atoms with Crippen LogP contribution >= 0.6 is 0 Å². The molecular weight excluding hydrogens is 274 g/mol. The Balaban J connectivity index is 3.29. The van der Waals surface area contributed by atoms with Gasteiger partial charge in [-0.2, -0.15) is 0 Å². The van der Waals surface area contributed by atoms with Gasteiger partial charge in [0, 0.05) is 25.7 Å². The van der Waals surface area contributed by atoms with E-state index in [2.05, 4.69) is 5.32 Å². The summed E-state index contributed by atoms with van der Waals surface area (Å²) in [6.07, 6.45) is -0.731. The molecule has 0 saturated carbocycles. The summed E-state index contributed by atoms with van der Waals surface area (Å²) >= 11 is 0. The van der Waals surface area contributed by atoms with Crippen LogP contribution in [0.15, 0.2) is 18.2 Å². The van der Waals surface area contributed by atoms with Gasteiger partial charge in [0.1, 0.15) is 5.69 Å². The third-order valence-electron chi connectivity index (χ3n) is 3.35. The van der Waals surface area contributed by atoms with Crippen molar-refractivity contribution in [2.24, 2.45) is 0 Å². The number of carbonyl (C=O) groups is 1. The summed E-state index contributed by atoms with van der Waals surface area (Å²) in [5.74, 6) is -0.247. The topological polar surface area (TPSA) is 95.7 Å². The summed E-state index contributed by atoms with van der Waals surface area (Å²) in [6, 6.07) is 4.14. The lowest BCUT2D eigenvalue weighted by atomic mass is 9.97. The molecule has 0 aromatic heterocycles. The summed E-state index contributed by atoms with van der Waals surface area (Å²) in [6.45, 7) is 5.04. The van der Waals surface area contributed by atoms with E-state index in [0.29, 0.717) is 5.56 Å². The Morgan fingerprint density at radius 3 is 2.43 bits per heavy atom. The lowest BCUT2D eigenvalue weighted by molar-refractivity contribution is -0.384. The molecule has 0 radical (unpaired) electrons. The number of nitrogens with one attached hydrogen (secondary N) is 1. The van der Waals surface area contributed by atoms with Gasteiger partial charge in [0.15, 0.2) is 0 Å². The molecule has 0 fully saturated rings. The van der Waals surface area contributed by atoms with Crippen LogP contribution in [0.25, 0.3) is 0 Å². The lowest BCUT2D eigenvalue weighted by Crippen LogP contribution is -2.42. The number of aliphatic hydroxyl groups excluding tert-OH is 1. The van der Waals surface area contributed by atoms with Crippen molar-refractivity contribution < 1.29 is 14.8 Å². The van der Waals surface area contributed by atoms with Crippen LogP contribution in [0.5, 0.6) is 0 Å². The van der Waals surface area contributed by atoms with Gasteiger partial charge in [-0.25, -0.2) is 0 Å². The van der Waals surface area contributed by atoms with Gasteiger partial charge in [-0.05, 0) is 32.9 Å². The minimum absolute atomic E-state index is 0.140. The molecule has 1 aromatic rings. The van der Waals surface area contributed by atoms with Crippen molar-refractivity contribution in [1.29, 1.82) is 0 Å². The highest BCUT2D eigenvalue weighted by atomic mass is 16.6. The highest BCUT2D eigenvalue weighted by Gasteiger charge is 2.27. The van der Waals surface area contributed by atoms with Crippen molar-refractivity contribution in [3.63, 3.8) is 0 Å². The van der Waals surface area contributed by atoms with Crippen LogP contribution in [0, 0.1) is 10.1 Å². The van der Waals surface area contributed by atoms with E-state index in [9.17, 15) is 20.0 Å². The molecule has 7 nitrogen and oxygen atoms in total. The van der Waals surface area contributed by atoms with Crippen LogP contribution in [0.4, 0.5) is 11.4 Å². The molecular formula is C14H21N3O4. The Morgan fingerprint density at radius 1 is 1.43 bits per heavy atom. The molecule has 116 valence electrons. The second-order valence-electron chi connectivity index (χ2n) is 5.71. The number of nitro benzene ring substituents is 1. The summed E-state index contributed by atoms with van der Waals surface area (Å²) in [7, 11) is 3.22. The van der Waals surface area contributed by atoms with Crippen molar-refractivity contribution in [3.05, 3.63) is 33.9 Å². The maximum Gasteiger partial charge on any atom is 0.292 e. The standard InChI is InChI=1S/C14H21N3O4/c1-9(18)14(2,3)15-11-8-10(13(19)16(4)5)6-7-12(11)17(20)21/h6-9,15,18H,1-5H3. The van der Waals surface area contributed by atoms with Gasteiger partial charge in [0.05, 0.1) is 16.6 Å². The number of hydrogen-bond acceptors (Lipinski definition) is 5. The van der Waals surface area contributed by atoms with Gasteiger partial charge in [-0.3, -0.25) is 14.9 Å². The average Bonchev–Trinajstić information content (AvgIpc) is 2.36. The molecule has 0 bridgehead atoms. The van der Waals surface area contributed by atoms with E-state index in [1.54, 1.807) is 34.9 Å². The van der Waals surface area contributed by atoms with Crippen LogP contribution in [0.3, 0.4) is 0 Å². The minimum atomic E-state index is -0.773. The van der Waals surface area contributed by atoms with Gasteiger partial charge in [0.2, 0.25) is 0 Å². The molecule has 0 aliphatic carbocycles. The third kappa shape index (κ3) is 3.91. The molecule has 1 amide bonds. The fraction of sp³-hybridized carbons (Fsp3) is 0.500. The van der Waals surface area contributed by atoms with E-state index in [0.717, 1.165) is 0 Å². The van der Waals surface area contributed by atoms with Gasteiger partial charge in [0.25, 0.3) is 11.6 Å². The van der Waals surface area contributed by atoms with Crippen LogP contribution < -0.4 is 5.32 Å². The normalized spacial score (nSPS) is 12.7. The number of rotatable bonds is 5. The SMILES string of the molecule is CC(O)C(C)(C)Nc1cc(C(=O)N(C)C)ccc1[N+](=O)[O-]. The molecule has 0 aliphatic rings. The molecule has 0 saturated heterocycles. The van der Waals surface area contributed by atoms with Crippen LogP contribution in [-0.4, -0.2) is 46.6 Å². The molecule has 1 rings (SSSR count). The van der Waals surface area contributed by atoms with Gasteiger partial charge in [-0.15, -0.1) is 0 Å². The zero-order valence-electron chi connectivity index (χ0n) is 12.9. The van der Waals surface area contributed by atoms with E-state index in [1.165, 1.54) is 23.1 Å². The summed E-state index contributed by atoms with van der Waals surface area (Å²) in [4.78, 5) is 23.9. The number of carbonyl (C=O) groups excluding carboxylic acids is 1. The quantitative estimate of drug-likeness (QED) is 0.638. The molecule has 1 aromatic carbocycles. The van der Waals surface area contributed by atoms with Crippen LogP contribution in [0.1, 0.15) is 31.1 Å². The van der Waals surface area contributed by atoms with E-state index in [4.69, 9.17) is 0 Å². The number of nitro groups is 1. The Labute approximate surface area is 123 Å². The molecule has 7 heteroatoms. The van der Waals surface area contributed by atoms with Crippen molar-refractivity contribution in [3.8, 4) is 0 Å². The maximum atomic E-state index is 12.0. The molecule has 0 spiro atoms. The van der Waals surface area contributed by atoms with Gasteiger partial charge in [-0.1, -0.05) is 0 Å². The third-order valence-corrected chi connectivity index (χ3v) is 3.35. The number of hydrogen-bond donors (Lipinski definition) is 2. The van der Waals surface area contributed by atoms with Crippen molar-refractivity contribution in [1.82, 2.24) is 4.90 Å². The summed E-state index contributed by atoms with van der Waals surface area (Å²) in [5.41, 5.74) is -0.364. The van der Waals surface area contributed by atoms with Crippen molar-refractivity contribution in [2.75, 3.05) is 19.4 Å². The maximum absolute atomic E-state index is 12.0. The first kappa shape index (κ1) is 16.9. The first-order valence-corrected chi connectivity index (χ1v) is 6.52. The first-order valence-electron chi connectivity index (χ1n) is 6.52. The largest absolute Gasteiger partial charge is 0.391 e. The molecule has 2 N–H and O–H groups in total. The number of aliphatic hydroxyl groups is 1. The zero-order valence-corrected chi connectivity index (χ0v) is 12.9. The van der Waals surface area contributed by atoms with Gasteiger partial charge < -0.3 is 15.3 Å². The Bertz CT molecular complexity index is 553. The van der Waals surface area contributed by atoms with Crippen LogP contribution in [0.2, 0.25) is 0 Å². The van der Waals surface area contributed by atoms with E-state index >= 15 is 0 Å². The van der Waals surface area contributed by atoms with E-state index < -0.39 is 16.6 Å². The van der Waals surface area contributed by atoms with Crippen LogP contribution in [-0.2, 0) is 0 Å². The number of nitrogens with zero attached hydrogens (tertiary/aromatic N) is 2. The smallest absolute Gasteiger partial charge is 0.292 e. The fourth-order valence-electron chi connectivity index (χ4n) is 1.64. The minimum Gasteiger partial charge on any atom is -0.391 e. The van der Waals surface area contributed by atoms with Crippen molar-refractivity contribution in [2.45, 2.75) is 32.4 Å². The Hall–Kier alpha value is -2.15. The lowest BCUT2D eigenvalue weighted by Gasteiger charge is -2.30. The molecule has 0 heterocycles. The second kappa shape index (κ2) is 6.09. The number of benzene rings is 1. The predicted octanol–water partition coefficient (Wildman–Crippen LogP) is 1.87. The molecule has 1 atom stereocenters. The van der Waals surface area contributed by atoms with E-state index in [-0.39, 0.29) is 17.3 Å². The monoisotopic (exact) mass is 295 g/mol. The van der Waals surface area contributed by atoms with Gasteiger partial charge >= 0.3 is 0 Å². The Morgan fingerprint density at radius 2 is 2.00 bits per heavy atom. The molecule has 0 aliphatic heterocycles. The predicted molar refractivity (Wildman–Crippen MR) is 80.5 cm³/mol. The molecule has 21 heavy (non-hydrogen) atoms. The molecule has 1 unspecified atom stereocenters. The highest BCUT2D eigenvalue weighted by Crippen LogP contribution is 2.29. The van der Waals surface area contributed by atoms with Crippen molar-refractivity contribution >= 4 is 17.3 Å². The highest BCUT2D eigenvalue weighted by molar-refractivity contribution is 5.95. The Kier molecular flexibility index (Phi) is 4.90. The average molecular weight is 295 g/mol. The number of anilines is 1. The fourth-order valence-corrected chi connectivity index (χ4v) is 1.64. The summed E-state index contributed by atoms with van der Waals surface area (Å²) < 4.78 is 0. The second-order valence-corrected chi connectivity index (χ2v) is 5.71. The van der Waals surface area contributed by atoms with E-state index in [1.807, 2.05) is 0 Å². The zero-order chi connectivity index (χ0) is 16.4.